The molecule has 3 N–H and O–H groups in total. The zero-order chi connectivity index (χ0) is 13.7. The van der Waals surface area contributed by atoms with Crippen molar-refractivity contribution in [3.8, 4) is 0 Å². The molecule has 2 aromatic carbocycles. The van der Waals surface area contributed by atoms with Crippen LogP contribution in [0.2, 0.25) is 0 Å². The van der Waals surface area contributed by atoms with Crippen LogP contribution in [0.3, 0.4) is 0 Å². The fourth-order valence-corrected chi connectivity index (χ4v) is 2.04. The second-order valence-corrected chi connectivity index (χ2v) is 4.88. The van der Waals surface area contributed by atoms with E-state index in [-0.39, 0.29) is 6.17 Å². The highest BCUT2D eigenvalue weighted by atomic mass is 15.5. The molecule has 1 unspecified atom stereocenters. The molecule has 1 atom stereocenters. The first kappa shape index (κ1) is 13.6. The molecule has 0 heterocycles. The summed E-state index contributed by atoms with van der Waals surface area (Å²) >= 11 is 0. The second-order valence-electron chi connectivity index (χ2n) is 4.88. The Bertz CT molecular complexity index is 482. The molecular weight excluding hydrogens is 234 g/mol. The maximum Gasteiger partial charge on any atom is 0.121 e. The Hall–Kier alpha value is -1.84. The van der Waals surface area contributed by atoms with E-state index in [9.17, 15) is 0 Å². The molecule has 19 heavy (non-hydrogen) atoms. The van der Waals surface area contributed by atoms with E-state index < -0.39 is 0 Å². The summed E-state index contributed by atoms with van der Waals surface area (Å²) in [6.45, 7) is 4.24. The Morgan fingerprint density at radius 1 is 0.895 bits per heavy atom. The van der Waals surface area contributed by atoms with E-state index in [2.05, 4.69) is 31.3 Å². The van der Waals surface area contributed by atoms with Crippen LogP contribution >= 0.6 is 0 Å². The van der Waals surface area contributed by atoms with Crippen molar-refractivity contribution >= 4 is 5.69 Å². The largest absolute Gasteiger partial charge is 0.290 e. The van der Waals surface area contributed by atoms with Gasteiger partial charge < -0.3 is 0 Å². The number of hydrogen-bond acceptors (Lipinski definition) is 3. The lowest BCUT2D eigenvalue weighted by atomic mass is 10.1. The fraction of sp³-hybridized carbons (Fsp3) is 0.250. The number of rotatable bonds is 5. The molecule has 0 aromatic heterocycles. The van der Waals surface area contributed by atoms with Crippen molar-refractivity contribution in [3.63, 3.8) is 0 Å². The zero-order valence-electron chi connectivity index (χ0n) is 11.5. The van der Waals surface area contributed by atoms with Crippen molar-refractivity contribution in [3.05, 3.63) is 66.2 Å². The maximum absolute atomic E-state index is 6.29. The number of nitrogens with zero attached hydrogens (tertiary/aromatic N) is 1. The van der Waals surface area contributed by atoms with Crippen LogP contribution in [0.25, 0.3) is 0 Å². The predicted molar refractivity (Wildman–Crippen MR) is 80.6 cm³/mol. The van der Waals surface area contributed by atoms with Gasteiger partial charge in [-0.15, -0.1) is 0 Å². The minimum Gasteiger partial charge on any atom is -0.290 e. The van der Waals surface area contributed by atoms with Gasteiger partial charge in [0.05, 0.1) is 5.69 Å². The van der Waals surface area contributed by atoms with Gasteiger partial charge in [0.2, 0.25) is 0 Å². The van der Waals surface area contributed by atoms with Crippen molar-refractivity contribution < 1.29 is 0 Å². The minimum absolute atomic E-state index is 0.0383. The molecule has 0 aliphatic carbocycles. The Balaban J connectivity index is 2.28. The maximum atomic E-state index is 6.29. The van der Waals surface area contributed by atoms with Crippen LogP contribution in [0.4, 0.5) is 5.69 Å². The number of benzene rings is 2. The molecule has 3 nitrogen and oxygen atoms in total. The highest BCUT2D eigenvalue weighted by Gasteiger charge is 2.18. The third-order valence-electron chi connectivity index (χ3n) is 2.94. The Labute approximate surface area is 115 Å². The minimum atomic E-state index is -0.0383. The van der Waals surface area contributed by atoms with Gasteiger partial charge in [-0.1, -0.05) is 48.5 Å². The van der Waals surface area contributed by atoms with Gasteiger partial charge in [-0.2, -0.15) is 0 Å². The van der Waals surface area contributed by atoms with Crippen molar-refractivity contribution in [2.45, 2.75) is 26.1 Å². The van der Waals surface area contributed by atoms with E-state index in [0.29, 0.717) is 6.04 Å². The van der Waals surface area contributed by atoms with Gasteiger partial charge in [-0.3, -0.25) is 10.3 Å². The van der Waals surface area contributed by atoms with Gasteiger partial charge in [0.25, 0.3) is 0 Å². The molecular formula is C16H21N3. The first-order valence-electron chi connectivity index (χ1n) is 6.58. The summed E-state index contributed by atoms with van der Waals surface area (Å²) < 4.78 is 0. The number of nitrogens with two attached hydrogens (primary N) is 1. The molecule has 0 aliphatic heterocycles. The van der Waals surface area contributed by atoms with Crippen LogP contribution in [-0.2, 0) is 0 Å². The smallest absolute Gasteiger partial charge is 0.121 e. The quantitative estimate of drug-likeness (QED) is 0.490. The van der Waals surface area contributed by atoms with Gasteiger partial charge in [-0.25, -0.2) is 5.84 Å². The summed E-state index contributed by atoms with van der Waals surface area (Å²) in [6, 6.07) is 20.6. The van der Waals surface area contributed by atoms with Gasteiger partial charge >= 0.3 is 0 Å². The topological polar surface area (TPSA) is 41.3 Å². The van der Waals surface area contributed by atoms with Gasteiger partial charge in [-0.05, 0) is 31.5 Å². The van der Waals surface area contributed by atoms with Crippen molar-refractivity contribution in [1.29, 1.82) is 0 Å². The summed E-state index contributed by atoms with van der Waals surface area (Å²) in [7, 11) is 0. The number of hydrogen-bond donors (Lipinski definition) is 2. The molecule has 0 amide bonds. The first-order chi connectivity index (χ1) is 9.18. The molecule has 0 radical (unpaired) electrons. The van der Waals surface area contributed by atoms with Crippen LogP contribution in [-0.4, -0.2) is 6.04 Å². The zero-order valence-corrected chi connectivity index (χ0v) is 11.5. The number of hydrazine groups is 1. The average Bonchev–Trinajstić information content (AvgIpc) is 2.46. The van der Waals surface area contributed by atoms with E-state index >= 15 is 0 Å². The van der Waals surface area contributed by atoms with E-state index in [1.54, 1.807) is 5.01 Å². The van der Waals surface area contributed by atoms with E-state index in [4.69, 9.17) is 5.84 Å². The lowest BCUT2D eigenvalue weighted by molar-refractivity contribution is 0.458. The van der Waals surface area contributed by atoms with E-state index in [0.717, 1.165) is 11.3 Å². The van der Waals surface area contributed by atoms with E-state index in [1.165, 1.54) is 0 Å². The van der Waals surface area contributed by atoms with Crippen molar-refractivity contribution in [2.24, 2.45) is 5.84 Å². The Morgan fingerprint density at radius 3 is 1.95 bits per heavy atom. The van der Waals surface area contributed by atoms with Crippen LogP contribution in [0.15, 0.2) is 60.7 Å². The van der Waals surface area contributed by atoms with Crippen molar-refractivity contribution in [2.75, 3.05) is 5.01 Å². The van der Waals surface area contributed by atoms with Crippen molar-refractivity contribution in [1.82, 2.24) is 5.32 Å². The Morgan fingerprint density at radius 2 is 1.42 bits per heavy atom. The third-order valence-corrected chi connectivity index (χ3v) is 2.94. The number of para-hydroxylation sites is 1. The van der Waals surface area contributed by atoms with Gasteiger partial charge in [0.15, 0.2) is 0 Å². The molecule has 0 saturated heterocycles. The molecule has 3 heteroatoms. The highest BCUT2D eigenvalue weighted by molar-refractivity contribution is 5.46. The summed E-state index contributed by atoms with van der Waals surface area (Å²) in [4.78, 5) is 0. The number of nitrogens with one attached hydrogen (secondary N) is 1. The molecule has 2 rings (SSSR count). The van der Waals surface area contributed by atoms with E-state index in [1.807, 2.05) is 48.5 Å². The van der Waals surface area contributed by atoms with Crippen LogP contribution < -0.4 is 16.2 Å². The summed E-state index contributed by atoms with van der Waals surface area (Å²) in [5.74, 6) is 6.29. The molecule has 0 spiro atoms. The summed E-state index contributed by atoms with van der Waals surface area (Å²) in [5, 5.41) is 5.27. The monoisotopic (exact) mass is 255 g/mol. The predicted octanol–water partition coefficient (Wildman–Crippen LogP) is 3.06. The number of anilines is 1. The molecule has 0 fully saturated rings. The molecule has 2 aromatic rings. The first-order valence-corrected chi connectivity index (χ1v) is 6.58. The van der Waals surface area contributed by atoms with Crippen LogP contribution in [0.5, 0.6) is 0 Å². The molecule has 0 aliphatic rings. The summed E-state index contributed by atoms with van der Waals surface area (Å²) in [6.07, 6.45) is -0.0383. The van der Waals surface area contributed by atoms with Crippen LogP contribution in [0, 0.1) is 0 Å². The van der Waals surface area contributed by atoms with Crippen LogP contribution in [0.1, 0.15) is 25.6 Å². The molecule has 0 bridgehead atoms. The lowest BCUT2D eigenvalue weighted by Crippen LogP contribution is -2.45. The SMILES string of the molecule is CC(C)NC(c1ccccc1)N(N)c1ccccc1. The summed E-state index contributed by atoms with van der Waals surface area (Å²) in [5.41, 5.74) is 2.15. The average molecular weight is 255 g/mol. The third kappa shape index (κ3) is 3.56. The van der Waals surface area contributed by atoms with Gasteiger partial charge in [0, 0.05) is 6.04 Å². The van der Waals surface area contributed by atoms with Gasteiger partial charge in [0.1, 0.15) is 6.17 Å². The normalized spacial score (nSPS) is 12.4. The second kappa shape index (κ2) is 6.36. The lowest BCUT2D eigenvalue weighted by Gasteiger charge is -2.32. The standard InChI is InChI=1S/C16H21N3/c1-13(2)18-16(14-9-5-3-6-10-14)19(17)15-11-7-4-8-12-15/h3-13,16,18H,17H2,1-2H3. The highest BCUT2D eigenvalue weighted by Crippen LogP contribution is 2.22. The molecule has 0 saturated carbocycles. The fourth-order valence-electron chi connectivity index (χ4n) is 2.04. The molecule has 100 valence electrons. The Kier molecular flexibility index (Phi) is 4.55.